The van der Waals surface area contributed by atoms with Gasteiger partial charge in [0.1, 0.15) is 5.69 Å². The van der Waals surface area contributed by atoms with Crippen LogP contribution in [0.4, 0.5) is 5.69 Å². The molecule has 1 saturated carbocycles. The SMILES string of the molecule is CC(C)(C)C1CCN(C(=O)c2cc(N)cn2C2CC2)C1. The molecule has 1 aromatic heterocycles. The lowest BCUT2D eigenvalue weighted by Gasteiger charge is -2.27. The fourth-order valence-corrected chi connectivity index (χ4v) is 3.14. The Labute approximate surface area is 120 Å². The van der Waals surface area contributed by atoms with Gasteiger partial charge in [0, 0.05) is 25.3 Å². The molecule has 110 valence electrons. The summed E-state index contributed by atoms with van der Waals surface area (Å²) in [5.41, 5.74) is 7.63. The summed E-state index contributed by atoms with van der Waals surface area (Å²) < 4.78 is 2.09. The van der Waals surface area contributed by atoms with E-state index in [0.717, 1.165) is 25.2 Å². The Morgan fingerprint density at radius 3 is 2.55 bits per heavy atom. The van der Waals surface area contributed by atoms with Crippen molar-refractivity contribution < 1.29 is 4.79 Å². The van der Waals surface area contributed by atoms with Crippen molar-refractivity contribution in [3.05, 3.63) is 18.0 Å². The molecule has 4 nitrogen and oxygen atoms in total. The summed E-state index contributed by atoms with van der Waals surface area (Å²) in [5, 5.41) is 0. The first-order chi connectivity index (χ1) is 9.36. The van der Waals surface area contributed by atoms with Gasteiger partial charge in [0.15, 0.2) is 0 Å². The molecule has 2 N–H and O–H groups in total. The van der Waals surface area contributed by atoms with Crippen molar-refractivity contribution in [2.45, 2.75) is 46.1 Å². The van der Waals surface area contributed by atoms with Crippen LogP contribution in [0.2, 0.25) is 0 Å². The van der Waals surface area contributed by atoms with Crippen molar-refractivity contribution in [2.24, 2.45) is 11.3 Å². The molecule has 0 bridgehead atoms. The highest BCUT2D eigenvalue weighted by molar-refractivity contribution is 5.94. The number of carbonyl (C=O) groups is 1. The second-order valence-electron chi connectivity index (χ2n) is 7.40. The lowest BCUT2D eigenvalue weighted by atomic mass is 9.80. The number of nitrogen functional groups attached to an aromatic ring is 1. The van der Waals surface area contributed by atoms with Crippen LogP contribution < -0.4 is 5.73 Å². The van der Waals surface area contributed by atoms with Crippen LogP contribution >= 0.6 is 0 Å². The lowest BCUT2D eigenvalue weighted by molar-refractivity contribution is 0.0765. The first kappa shape index (κ1) is 13.5. The van der Waals surface area contributed by atoms with Gasteiger partial charge >= 0.3 is 0 Å². The maximum absolute atomic E-state index is 12.7. The van der Waals surface area contributed by atoms with Gasteiger partial charge in [-0.1, -0.05) is 20.8 Å². The van der Waals surface area contributed by atoms with E-state index < -0.39 is 0 Å². The topological polar surface area (TPSA) is 51.3 Å². The first-order valence-electron chi connectivity index (χ1n) is 7.63. The van der Waals surface area contributed by atoms with E-state index in [0.29, 0.717) is 17.6 Å². The van der Waals surface area contributed by atoms with Crippen molar-refractivity contribution in [1.82, 2.24) is 9.47 Å². The second-order valence-corrected chi connectivity index (χ2v) is 7.40. The van der Waals surface area contributed by atoms with Gasteiger partial charge < -0.3 is 15.2 Å². The van der Waals surface area contributed by atoms with E-state index >= 15 is 0 Å². The molecule has 4 heteroatoms. The number of carbonyl (C=O) groups excluding carboxylic acids is 1. The van der Waals surface area contributed by atoms with Gasteiger partial charge in [-0.2, -0.15) is 0 Å². The number of amides is 1. The number of anilines is 1. The minimum atomic E-state index is 0.153. The second kappa shape index (κ2) is 4.54. The Morgan fingerprint density at radius 2 is 2.00 bits per heavy atom. The third-order valence-corrected chi connectivity index (χ3v) is 4.73. The van der Waals surface area contributed by atoms with Gasteiger partial charge in [0.05, 0.1) is 5.69 Å². The molecule has 1 amide bonds. The van der Waals surface area contributed by atoms with Crippen molar-refractivity contribution in [3.63, 3.8) is 0 Å². The number of rotatable bonds is 2. The zero-order valence-corrected chi connectivity index (χ0v) is 12.7. The van der Waals surface area contributed by atoms with E-state index in [9.17, 15) is 4.79 Å². The number of nitrogens with zero attached hydrogens (tertiary/aromatic N) is 2. The molecule has 0 spiro atoms. The summed E-state index contributed by atoms with van der Waals surface area (Å²) in [6.07, 6.45) is 5.36. The van der Waals surface area contributed by atoms with E-state index in [-0.39, 0.29) is 11.3 Å². The molecular weight excluding hydrogens is 250 g/mol. The number of hydrogen-bond donors (Lipinski definition) is 1. The fraction of sp³-hybridized carbons (Fsp3) is 0.688. The quantitative estimate of drug-likeness (QED) is 0.902. The molecule has 20 heavy (non-hydrogen) atoms. The minimum absolute atomic E-state index is 0.153. The molecule has 1 aliphatic heterocycles. The number of nitrogens with two attached hydrogens (primary N) is 1. The lowest BCUT2D eigenvalue weighted by Crippen LogP contribution is -2.32. The highest BCUT2D eigenvalue weighted by Gasteiger charge is 2.36. The third kappa shape index (κ3) is 2.43. The van der Waals surface area contributed by atoms with Gasteiger partial charge in [0.25, 0.3) is 5.91 Å². The number of hydrogen-bond acceptors (Lipinski definition) is 2. The molecule has 1 atom stereocenters. The molecule has 2 fully saturated rings. The zero-order valence-electron chi connectivity index (χ0n) is 12.7. The van der Waals surface area contributed by atoms with Crippen LogP contribution in [0.15, 0.2) is 12.3 Å². The summed E-state index contributed by atoms with van der Waals surface area (Å²) in [7, 11) is 0. The monoisotopic (exact) mass is 275 g/mol. The highest BCUT2D eigenvalue weighted by atomic mass is 16.2. The smallest absolute Gasteiger partial charge is 0.270 e. The van der Waals surface area contributed by atoms with Gasteiger partial charge in [-0.25, -0.2) is 0 Å². The van der Waals surface area contributed by atoms with Crippen molar-refractivity contribution in [1.29, 1.82) is 0 Å². The van der Waals surface area contributed by atoms with E-state index in [1.165, 1.54) is 12.8 Å². The average Bonchev–Trinajstić information content (AvgIpc) is 2.93. The Kier molecular flexibility index (Phi) is 3.07. The molecule has 1 saturated heterocycles. The van der Waals surface area contributed by atoms with E-state index in [4.69, 9.17) is 5.73 Å². The molecule has 3 rings (SSSR count). The van der Waals surface area contributed by atoms with Crippen LogP contribution in [0, 0.1) is 11.3 Å². The molecule has 1 aromatic rings. The molecule has 0 radical (unpaired) electrons. The summed E-state index contributed by atoms with van der Waals surface area (Å²) in [6, 6.07) is 2.33. The summed E-state index contributed by atoms with van der Waals surface area (Å²) in [6.45, 7) is 8.53. The fourth-order valence-electron chi connectivity index (χ4n) is 3.14. The molecule has 1 unspecified atom stereocenters. The van der Waals surface area contributed by atoms with E-state index in [2.05, 4.69) is 25.3 Å². The van der Waals surface area contributed by atoms with Gasteiger partial charge in [-0.3, -0.25) is 4.79 Å². The summed E-state index contributed by atoms with van der Waals surface area (Å²) in [4.78, 5) is 14.7. The third-order valence-electron chi connectivity index (χ3n) is 4.73. The van der Waals surface area contributed by atoms with Crippen molar-refractivity contribution >= 4 is 11.6 Å². The van der Waals surface area contributed by atoms with E-state index in [1.54, 1.807) is 0 Å². The predicted molar refractivity (Wildman–Crippen MR) is 80.6 cm³/mol. The predicted octanol–water partition coefficient (Wildman–Crippen LogP) is 2.91. The largest absolute Gasteiger partial charge is 0.397 e. The number of likely N-dealkylation sites (tertiary alicyclic amines) is 1. The zero-order chi connectivity index (χ0) is 14.5. The molecule has 0 aromatic carbocycles. The maximum Gasteiger partial charge on any atom is 0.270 e. The Balaban J connectivity index is 1.77. The number of aromatic nitrogens is 1. The van der Waals surface area contributed by atoms with Gasteiger partial charge in [-0.15, -0.1) is 0 Å². The first-order valence-corrected chi connectivity index (χ1v) is 7.63. The van der Waals surface area contributed by atoms with Crippen LogP contribution in [-0.4, -0.2) is 28.5 Å². The van der Waals surface area contributed by atoms with Gasteiger partial charge in [-0.05, 0) is 36.7 Å². The van der Waals surface area contributed by atoms with E-state index in [1.807, 2.05) is 17.2 Å². The molecule has 2 aliphatic rings. The Bertz CT molecular complexity index is 522. The molecular formula is C16H25N3O. The van der Waals surface area contributed by atoms with Crippen LogP contribution in [-0.2, 0) is 0 Å². The molecule has 1 aliphatic carbocycles. The summed E-state index contributed by atoms with van der Waals surface area (Å²) in [5.74, 6) is 0.744. The van der Waals surface area contributed by atoms with Crippen LogP contribution in [0.5, 0.6) is 0 Å². The van der Waals surface area contributed by atoms with Crippen molar-refractivity contribution in [3.8, 4) is 0 Å². The normalized spacial score (nSPS) is 23.4. The van der Waals surface area contributed by atoms with Crippen LogP contribution in [0.3, 0.4) is 0 Å². The highest BCUT2D eigenvalue weighted by Crippen LogP contribution is 2.38. The van der Waals surface area contributed by atoms with Crippen LogP contribution in [0.1, 0.15) is 56.6 Å². The Morgan fingerprint density at radius 1 is 1.30 bits per heavy atom. The maximum atomic E-state index is 12.7. The Hall–Kier alpha value is -1.45. The average molecular weight is 275 g/mol. The van der Waals surface area contributed by atoms with Gasteiger partial charge in [0.2, 0.25) is 0 Å². The summed E-state index contributed by atoms with van der Waals surface area (Å²) >= 11 is 0. The standard InChI is InChI=1S/C16H25N3O/c1-16(2,3)11-6-7-18(9-11)15(20)14-8-12(17)10-19(14)13-4-5-13/h8,10-11,13H,4-7,9,17H2,1-3H3. The van der Waals surface area contributed by atoms with Crippen molar-refractivity contribution in [2.75, 3.05) is 18.8 Å². The minimum Gasteiger partial charge on any atom is -0.397 e. The molecule has 2 heterocycles. The van der Waals surface area contributed by atoms with Crippen LogP contribution in [0.25, 0.3) is 0 Å².